The Balaban J connectivity index is 3.18. The van der Waals surface area contributed by atoms with Crippen molar-refractivity contribution in [3.8, 4) is 5.75 Å². The Hall–Kier alpha value is -0.770. The maximum atomic E-state index is 10.4. The second kappa shape index (κ2) is 2.12. The molecular weight excluding hydrogens is 159 g/mol. The van der Waals surface area contributed by atoms with Crippen LogP contribution in [0.3, 0.4) is 0 Å². The number of furan rings is 1. The second-order valence-corrected chi connectivity index (χ2v) is 3.15. The molecule has 0 saturated heterocycles. The first-order valence-corrected chi connectivity index (χ1v) is 3.95. The van der Waals surface area contributed by atoms with Gasteiger partial charge in [0, 0.05) is 6.07 Å². The summed E-state index contributed by atoms with van der Waals surface area (Å²) in [5.74, 6) is -0.520. The molecule has 1 rings (SSSR count). The molecule has 0 fully saturated rings. The van der Waals surface area contributed by atoms with Crippen LogP contribution >= 0.6 is 7.60 Å². The Morgan fingerprint density at radius 1 is 1.50 bits per heavy atom. The minimum absolute atomic E-state index is 0.520. The topological polar surface area (TPSA) is 90.9 Å². The summed E-state index contributed by atoms with van der Waals surface area (Å²) in [5.41, 5.74) is -0.687. The van der Waals surface area contributed by atoms with Crippen molar-refractivity contribution in [3.05, 3.63) is 12.3 Å². The quantitative estimate of drug-likeness (QED) is 0.499. The van der Waals surface area contributed by atoms with Crippen LogP contribution in [0.25, 0.3) is 0 Å². The van der Waals surface area contributed by atoms with Crippen molar-refractivity contribution >= 4 is 13.1 Å². The molecule has 6 heteroatoms. The third kappa shape index (κ3) is 1.21. The van der Waals surface area contributed by atoms with Crippen LogP contribution in [0.5, 0.6) is 5.75 Å². The van der Waals surface area contributed by atoms with Gasteiger partial charge >= 0.3 is 7.60 Å². The molecule has 1 aromatic heterocycles. The normalized spacial score (nSPS) is 11.8. The lowest BCUT2D eigenvalue weighted by Crippen LogP contribution is -1.99. The molecule has 0 aliphatic carbocycles. The van der Waals surface area contributed by atoms with E-state index in [9.17, 15) is 4.57 Å². The molecule has 1 heterocycles. The van der Waals surface area contributed by atoms with E-state index in [2.05, 4.69) is 4.42 Å². The van der Waals surface area contributed by atoms with Gasteiger partial charge < -0.3 is 19.3 Å². The zero-order valence-electron chi connectivity index (χ0n) is 4.76. The van der Waals surface area contributed by atoms with Gasteiger partial charge in [0.2, 0.25) is 0 Å². The Morgan fingerprint density at radius 2 is 2.10 bits per heavy atom. The number of aromatic hydroxyl groups is 1. The molecule has 1 aromatic rings. The van der Waals surface area contributed by atoms with Gasteiger partial charge in [0.25, 0.3) is 5.50 Å². The van der Waals surface area contributed by atoms with Crippen LogP contribution < -0.4 is 5.50 Å². The molecule has 10 heavy (non-hydrogen) atoms. The van der Waals surface area contributed by atoms with Crippen LogP contribution in [-0.4, -0.2) is 14.9 Å². The van der Waals surface area contributed by atoms with Crippen LogP contribution in [0.1, 0.15) is 0 Å². The van der Waals surface area contributed by atoms with Gasteiger partial charge in [0.15, 0.2) is 5.75 Å². The summed E-state index contributed by atoms with van der Waals surface area (Å²) in [6.45, 7) is 0. The van der Waals surface area contributed by atoms with Gasteiger partial charge in [-0.25, -0.2) is 0 Å². The van der Waals surface area contributed by atoms with E-state index in [1.807, 2.05) is 0 Å². The third-order valence-corrected chi connectivity index (χ3v) is 1.75. The van der Waals surface area contributed by atoms with Crippen molar-refractivity contribution < 1.29 is 23.9 Å². The van der Waals surface area contributed by atoms with Crippen LogP contribution in [0, 0.1) is 0 Å². The highest BCUT2D eigenvalue weighted by atomic mass is 31.2. The molecule has 0 saturated carbocycles. The Bertz CT molecular complexity index is 271. The lowest BCUT2D eigenvalue weighted by atomic mass is 10.6. The predicted molar refractivity (Wildman–Crippen MR) is 32.1 cm³/mol. The Morgan fingerprint density at radius 3 is 2.30 bits per heavy atom. The summed E-state index contributed by atoms with van der Waals surface area (Å²) >= 11 is 0. The minimum atomic E-state index is -4.42. The standard InChI is InChI=1S/C4H5O5P/c5-3-1-2-9-4(3)10(6,7)8/h1-2,5H,(H2,6,7,8). The van der Waals surface area contributed by atoms with Crippen LogP contribution in [0.4, 0.5) is 0 Å². The molecule has 0 aliphatic rings. The van der Waals surface area contributed by atoms with E-state index in [0.29, 0.717) is 0 Å². The highest BCUT2D eigenvalue weighted by Crippen LogP contribution is 2.37. The smallest absolute Gasteiger partial charge is 0.395 e. The summed E-state index contributed by atoms with van der Waals surface area (Å²) < 4.78 is 14.7. The molecular formula is C4H5O5P. The summed E-state index contributed by atoms with van der Waals surface area (Å²) in [7, 11) is -4.42. The summed E-state index contributed by atoms with van der Waals surface area (Å²) in [5, 5.41) is 8.70. The van der Waals surface area contributed by atoms with E-state index in [1.54, 1.807) is 0 Å². The van der Waals surface area contributed by atoms with E-state index in [0.717, 1.165) is 12.3 Å². The van der Waals surface area contributed by atoms with Crippen molar-refractivity contribution in [1.82, 2.24) is 0 Å². The van der Waals surface area contributed by atoms with Gasteiger partial charge in [-0.2, -0.15) is 0 Å². The van der Waals surface area contributed by atoms with Gasteiger partial charge in [-0.15, -0.1) is 0 Å². The van der Waals surface area contributed by atoms with Gasteiger partial charge in [0.1, 0.15) is 0 Å². The SMILES string of the molecule is O=P(O)(O)c1occc1O. The summed E-state index contributed by atoms with van der Waals surface area (Å²) in [6.07, 6.45) is 1.00. The van der Waals surface area contributed by atoms with Crippen LogP contribution in [0.15, 0.2) is 16.7 Å². The largest absolute Gasteiger partial charge is 0.504 e. The van der Waals surface area contributed by atoms with E-state index in [4.69, 9.17) is 14.9 Å². The molecule has 0 aliphatic heterocycles. The van der Waals surface area contributed by atoms with E-state index in [1.165, 1.54) is 0 Å². The third-order valence-electron chi connectivity index (χ3n) is 0.889. The van der Waals surface area contributed by atoms with Crippen molar-refractivity contribution in [2.75, 3.05) is 0 Å². The lowest BCUT2D eigenvalue weighted by Gasteiger charge is -1.97. The number of hydrogen-bond acceptors (Lipinski definition) is 3. The average molecular weight is 164 g/mol. The van der Waals surface area contributed by atoms with Crippen LogP contribution in [0.2, 0.25) is 0 Å². The van der Waals surface area contributed by atoms with Crippen molar-refractivity contribution in [3.63, 3.8) is 0 Å². The van der Waals surface area contributed by atoms with Crippen molar-refractivity contribution in [2.24, 2.45) is 0 Å². The molecule has 0 unspecified atom stereocenters. The second-order valence-electron chi connectivity index (χ2n) is 1.66. The summed E-state index contributed by atoms with van der Waals surface area (Å²) in [4.78, 5) is 16.8. The Kier molecular flexibility index (Phi) is 1.56. The average Bonchev–Trinajstić information content (AvgIpc) is 2.11. The molecule has 0 radical (unpaired) electrons. The first-order chi connectivity index (χ1) is 4.52. The fourth-order valence-electron chi connectivity index (χ4n) is 0.512. The maximum absolute atomic E-state index is 10.4. The fraction of sp³-hybridized carbons (Fsp3) is 0. The molecule has 3 N–H and O–H groups in total. The van der Waals surface area contributed by atoms with E-state index < -0.39 is 18.8 Å². The number of rotatable bonds is 1. The zero-order valence-corrected chi connectivity index (χ0v) is 5.65. The maximum Gasteiger partial charge on any atom is 0.395 e. The van der Waals surface area contributed by atoms with Crippen molar-refractivity contribution in [1.29, 1.82) is 0 Å². The van der Waals surface area contributed by atoms with Gasteiger partial charge in [-0.3, -0.25) is 4.57 Å². The Labute approximate surface area is 56.1 Å². The molecule has 0 spiro atoms. The fourth-order valence-corrected chi connectivity index (χ4v) is 1.08. The van der Waals surface area contributed by atoms with Gasteiger partial charge in [-0.05, 0) is 0 Å². The molecule has 0 atom stereocenters. The van der Waals surface area contributed by atoms with E-state index >= 15 is 0 Å². The van der Waals surface area contributed by atoms with E-state index in [-0.39, 0.29) is 0 Å². The minimum Gasteiger partial charge on any atom is -0.504 e. The molecule has 0 aromatic carbocycles. The molecule has 0 bridgehead atoms. The zero-order chi connectivity index (χ0) is 7.78. The highest BCUT2D eigenvalue weighted by Gasteiger charge is 2.25. The van der Waals surface area contributed by atoms with Crippen molar-refractivity contribution in [2.45, 2.75) is 0 Å². The summed E-state index contributed by atoms with van der Waals surface area (Å²) in [6, 6.07) is 1.06. The first kappa shape index (κ1) is 7.34. The first-order valence-electron chi connectivity index (χ1n) is 2.34. The highest BCUT2D eigenvalue weighted by molar-refractivity contribution is 7.60. The lowest BCUT2D eigenvalue weighted by molar-refractivity contribution is 0.372. The monoisotopic (exact) mass is 164 g/mol. The van der Waals surface area contributed by atoms with Gasteiger partial charge in [0.05, 0.1) is 6.26 Å². The molecule has 0 amide bonds. The van der Waals surface area contributed by atoms with Crippen LogP contribution in [-0.2, 0) is 4.57 Å². The van der Waals surface area contributed by atoms with Gasteiger partial charge in [-0.1, -0.05) is 0 Å². The number of hydrogen-bond donors (Lipinski definition) is 3. The molecule has 56 valence electrons. The molecule has 5 nitrogen and oxygen atoms in total. The predicted octanol–water partition coefficient (Wildman–Crippen LogP) is -0.212.